The number of aryl methyl sites for hydroxylation is 3. The molecule has 0 aliphatic rings. The van der Waals surface area contributed by atoms with Crippen LogP contribution in [-0.2, 0) is 19.0 Å². The second kappa shape index (κ2) is 19.5. The number of nitriles is 1. The topological polar surface area (TPSA) is 177 Å². The van der Waals surface area contributed by atoms with Crippen molar-refractivity contribution in [2.45, 2.75) is 53.4 Å². The fourth-order valence-corrected chi connectivity index (χ4v) is 6.87. The first-order valence-electron chi connectivity index (χ1n) is 17.9. The van der Waals surface area contributed by atoms with Crippen LogP contribution in [0.15, 0.2) is 52.8 Å². The van der Waals surface area contributed by atoms with E-state index >= 15 is 0 Å². The molecule has 2 N–H and O–H groups in total. The minimum atomic E-state index is -0.272. The molecule has 0 radical (unpaired) electrons. The van der Waals surface area contributed by atoms with Gasteiger partial charge >= 0.3 is 5.97 Å². The maximum Gasteiger partial charge on any atom is 0.305 e. The summed E-state index contributed by atoms with van der Waals surface area (Å²) < 4.78 is 18.4. The largest absolute Gasteiger partial charge is 0.466 e. The monoisotopic (exact) mass is 753 g/mol. The van der Waals surface area contributed by atoms with Crippen molar-refractivity contribution < 1.29 is 19.0 Å². The van der Waals surface area contributed by atoms with Crippen molar-refractivity contribution in [3.05, 3.63) is 64.8 Å². The van der Waals surface area contributed by atoms with Gasteiger partial charge in [0, 0.05) is 59.2 Å². The molecular formula is C38H47N11O4S. The van der Waals surface area contributed by atoms with Crippen LogP contribution in [0.1, 0.15) is 54.9 Å². The molecule has 5 aromatic rings. The lowest BCUT2D eigenvalue weighted by Crippen LogP contribution is -2.24. The number of thiazole rings is 1. The lowest BCUT2D eigenvalue weighted by molar-refractivity contribution is -0.143. The van der Waals surface area contributed by atoms with Crippen molar-refractivity contribution in [2.75, 3.05) is 69.2 Å². The molecule has 3 heterocycles. The van der Waals surface area contributed by atoms with Gasteiger partial charge in [0.15, 0.2) is 17.3 Å². The number of nitrogens with one attached hydrogen (secondary N) is 2. The van der Waals surface area contributed by atoms with E-state index in [0.717, 1.165) is 39.0 Å². The first-order valence-corrected chi connectivity index (χ1v) is 18.7. The lowest BCUT2D eigenvalue weighted by Gasteiger charge is -2.29. The highest BCUT2D eigenvalue weighted by atomic mass is 32.1. The molecule has 0 amide bonds. The first kappa shape index (κ1) is 39.7. The minimum Gasteiger partial charge on any atom is -0.466 e. The zero-order valence-corrected chi connectivity index (χ0v) is 32.5. The highest BCUT2D eigenvalue weighted by Crippen LogP contribution is 2.42. The van der Waals surface area contributed by atoms with Crippen LogP contribution in [-0.4, -0.2) is 84.4 Å². The summed E-state index contributed by atoms with van der Waals surface area (Å²) in [5, 5.41) is 31.4. The van der Waals surface area contributed by atoms with Crippen molar-refractivity contribution in [2.24, 2.45) is 10.2 Å². The number of nitrogens with zero attached hydrogens (tertiary/aromatic N) is 9. The molecule has 0 bridgehead atoms. The second-order valence-corrected chi connectivity index (χ2v) is 13.5. The summed E-state index contributed by atoms with van der Waals surface area (Å²) in [6.07, 6.45) is 3.73. The quantitative estimate of drug-likeness (QED) is 0.0447. The molecule has 2 aromatic carbocycles. The number of anilines is 4. The Bertz CT molecular complexity index is 2050. The molecule has 0 unspecified atom stereocenters. The zero-order valence-electron chi connectivity index (χ0n) is 31.7. The van der Waals surface area contributed by atoms with Gasteiger partial charge in [-0.25, -0.2) is 9.67 Å². The summed E-state index contributed by atoms with van der Waals surface area (Å²) in [5.41, 5.74) is 5.49. The van der Waals surface area contributed by atoms with Crippen LogP contribution in [0, 0.1) is 32.1 Å². The fraction of sp³-hybridized carbons (Fsp3) is 0.421. The number of carbonyl (C=O) groups is 1. The van der Waals surface area contributed by atoms with Gasteiger partial charge in [-0.1, -0.05) is 41.2 Å². The molecule has 0 saturated carbocycles. The number of methoxy groups -OCH3 is 2. The summed E-state index contributed by atoms with van der Waals surface area (Å²) in [6.45, 7) is 10.9. The standard InChI is InChI=1S/C38H47N11O4S/c1-7-53-31(50)15-10-18-48(33-26(3)21-25(2)22-27(33)4)36-32(35(40-16-11-19-51-5)43-37(44-36)41-17-12-20-52-6)45-46-34-28(23-39)24-49(47-34)38-42-29-13-8-9-14-30(29)54-38/h8-9,13-14,21-22,24H,7,10-12,15-20H2,1-6H3,(H2,40,41,43,44). The molecular weight excluding hydrogens is 707 g/mol. The predicted octanol–water partition coefficient (Wildman–Crippen LogP) is 7.86. The summed E-state index contributed by atoms with van der Waals surface area (Å²) >= 11 is 1.46. The number of hydrogen-bond acceptors (Lipinski definition) is 15. The third-order valence-corrected chi connectivity index (χ3v) is 9.29. The number of fused-ring (bicyclic) bond motifs is 1. The summed E-state index contributed by atoms with van der Waals surface area (Å²) in [6, 6.07) is 14.2. The maximum absolute atomic E-state index is 12.5. The van der Waals surface area contributed by atoms with Crippen molar-refractivity contribution in [3.8, 4) is 11.2 Å². The van der Waals surface area contributed by atoms with E-state index in [1.807, 2.05) is 24.3 Å². The zero-order chi connectivity index (χ0) is 38.5. The average molecular weight is 754 g/mol. The van der Waals surface area contributed by atoms with E-state index in [4.69, 9.17) is 29.3 Å². The number of hydrogen-bond donors (Lipinski definition) is 2. The van der Waals surface area contributed by atoms with Crippen LogP contribution >= 0.6 is 11.3 Å². The van der Waals surface area contributed by atoms with E-state index in [1.54, 1.807) is 32.0 Å². The third kappa shape index (κ3) is 10.1. The van der Waals surface area contributed by atoms with Crippen molar-refractivity contribution in [1.29, 1.82) is 5.26 Å². The smallest absolute Gasteiger partial charge is 0.305 e. The third-order valence-electron chi connectivity index (χ3n) is 8.26. The van der Waals surface area contributed by atoms with Gasteiger partial charge in [-0.2, -0.15) is 15.2 Å². The number of carbonyl (C=O) groups excluding carboxylic acids is 1. The van der Waals surface area contributed by atoms with Crippen molar-refractivity contribution in [3.63, 3.8) is 0 Å². The number of benzene rings is 2. The number of ether oxygens (including phenoxy) is 3. The van der Waals surface area contributed by atoms with E-state index in [-0.39, 0.29) is 23.8 Å². The highest BCUT2D eigenvalue weighted by Gasteiger charge is 2.25. The van der Waals surface area contributed by atoms with Crippen LogP contribution in [0.25, 0.3) is 15.3 Å². The first-order chi connectivity index (χ1) is 26.3. The van der Waals surface area contributed by atoms with Crippen LogP contribution in [0.4, 0.5) is 34.8 Å². The second-order valence-electron chi connectivity index (χ2n) is 12.5. The Balaban J connectivity index is 1.66. The summed E-state index contributed by atoms with van der Waals surface area (Å²) in [4.78, 5) is 29.1. The Kier molecular flexibility index (Phi) is 14.4. The normalized spacial score (nSPS) is 11.3. The van der Waals surface area contributed by atoms with Gasteiger partial charge in [-0.3, -0.25) is 4.79 Å². The summed E-state index contributed by atoms with van der Waals surface area (Å²) in [5.74, 6) is 1.11. The van der Waals surface area contributed by atoms with Gasteiger partial charge in [-0.15, -0.1) is 15.3 Å². The highest BCUT2D eigenvalue weighted by molar-refractivity contribution is 7.20. The Labute approximate surface area is 319 Å². The number of azo groups is 1. The number of rotatable bonds is 20. The number of aromatic nitrogens is 5. The van der Waals surface area contributed by atoms with Gasteiger partial charge in [0.2, 0.25) is 16.9 Å². The van der Waals surface area contributed by atoms with Crippen LogP contribution in [0.3, 0.4) is 0 Å². The summed E-state index contributed by atoms with van der Waals surface area (Å²) in [7, 11) is 3.32. The van der Waals surface area contributed by atoms with Gasteiger partial charge < -0.3 is 29.7 Å². The molecule has 0 aliphatic heterocycles. The molecule has 15 nitrogen and oxygen atoms in total. The van der Waals surface area contributed by atoms with E-state index in [9.17, 15) is 10.1 Å². The minimum absolute atomic E-state index is 0.117. The predicted molar refractivity (Wildman–Crippen MR) is 211 cm³/mol. The molecule has 0 aliphatic carbocycles. The molecule has 3 aromatic heterocycles. The van der Waals surface area contributed by atoms with E-state index in [1.165, 1.54) is 11.3 Å². The van der Waals surface area contributed by atoms with E-state index in [0.29, 0.717) is 80.7 Å². The van der Waals surface area contributed by atoms with E-state index < -0.39 is 0 Å². The number of esters is 1. The van der Waals surface area contributed by atoms with Gasteiger partial charge in [0.05, 0.1) is 23.0 Å². The Morgan fingerprint density at radius 3 is 2.39 bits per heavy atom. The molecule has 0 saturated heterocycles. The van der Waals surface area contributed by atoms with Crippen LogP contribution in [0.2, 0.25) is 0 Å². The Hall–Kier alpha value is -5.50. The average Bonchev–Trinajstić information content (AvgIpc) is 3.78. The van der Waals surface area contributed by atoms with Crippen molar-refractivity contribution in [1.82, 2.24) is 24.7 Å². The Morgan fingerprint density at radius 1 is 0.981 bits per heavy atom. The van der Waals surface area contributed by atoms with Gasteiger partial charge in [0.1, 0.15) is 11.6 Å². The molecule has 0 atom stereocenters. The number of para-hydroxylation sites is 1. The van der Waals surface area contributed by atoms with Crippen LogP contribution < -0.4 is 15.5 Å². The molecule has 0 spiro atoms. The Morgan fingerprint density at radius 2 is 1.70 bits per heavy atom. The van der Waals surface area contributed by atoms with Gasteiger partial charge in [-0.05, 0) is 70.2 Å². The van der Waals surface area contributed by atoms with Crippen molar-refractivity contribution >= 4 is 62.3 Å². The van der Waals surface area contributed by atoms with E-state index in [2.05, 4.69) is 69.7 Å². The SMILES string of the molecule is CCOC(=O)CCCN(c1nc(NCCCOC)nc(NCCCOC)c1N=Nc1nn(-c2nc3ccccc3s2)cc1C#N)c1c(C)cc(C)cc1C. The van der Waals surface area contributed by atoms with Gasteiger partial charge in [0.25, 0.3) is 0 Å². The fourth-order valence-electron chi connectivity index (χ4n) is 5.97. The molecule has 16 heteroatoms. The lowest BCUT2D eigenvalue weighted by atomic mass is 10.0. The molecule has 5 rings (SSSR count). The van der Waals surface area contributed by atoms with Crippen LogP contribution in [0.5, 0.6) is 0 Å². The molecule has 54 heavy (non-hydrogen) atoms. The molecule has 0 fully saturated rings. The molecule has 284 valence electrons. The maximum atomic E-state index is 12.5.